The van der Waals surface area contributed by atoms with Gasteiger partial charge in [0.05, 0.1) is 0 Å². The van der Waals surface area contributed by atoms with Gasteiger partial charge in [-0.15, -0.1) is 0 Å². The van der Waals surface area contributed by atoms with E-state index in [2.05, 4.69) is 85.3 Å². The summed E-state index contributed by atoms with van der Waals surface area (Å²) in [5.74, 6) is 0.860. The molecule has 0 unspecified atom stereocenters. The first kappa shape index (κ1) is 14.8. The highest BCUT2D eigenvalue weighted by atomic mass is 14.9. The van der Waals surface area contributed by atoms with Crippen molar-refractivity contribution in [2.75, 3.05) is 0 Å². The number of fused-ring (bicyclic) bond motifs is 1. The second kappa shape index (κ2) is 5.41. The quantitative estimate of drug-likeness (QED) is 0.587. The summed E-state index contributed by atoms with van der Waals surface area (Å²) in [6, 6.07) is 21.3. The van der Waals surface area contributed by atoms with Gasteiger partial charge < -0.3 is 0 Å². The third-order valence-electron chi connectivity index (χ3n) is 5.04. The number of hydrogen-bond donors (Lipinski definition) is 0. The molecule has 1 aliphatic heterocycles. The van der Waals surface area contributed by atoms with Crippen LogP contribution in [0.4, 0.5) is 5.82 Å². The summed E-state index contributed by atoms with van der Waals surface area (Å²) in [5, 5.41) is 0. The fourth-order valence-corrected chi connectivity index (χ4v) is 3.25. The van der Waals surface area contributed by atoms with Gasteiger partial charge in [0.15, 0.2) is 5.82 Å². The third kappa shape index (κ3) is 2.26. The van der Waals surface area contributed by atoms with E-state index in [1.165, 1.54) is 22.3 Å². The number of rotatable bonds is 2. The van der Waals surface area contributed by atoms with E-state index in [4.69, 9.17) is 0 Å². The van der Waals surface area contributed by atoms with Gasteiger partial charge >= 0.3 is 0 Å². The van der Waals surface area contributed by atoms with Crippen LogP contribution in [0.1, 0.15) is 26.3 Å². The second-order valence-corrected chi connectivity index (χ2v) is 6.83. The van der Waals surface area contributed by atoms with Crippen LogP contribution in [-0.4, -0.2) is 10.7 Å². The van der Waals surface area contributed by atoms with Crippen molar-refractivity contribution in [3.8, 4) is 22.3 Å². The van der Waals surface area contributed by atoms with Crippen molar-refractivity contribution < 1.29 is 0 Å². The summed E-state index contributed by atoms with van der Waals surface area (Å²) in [6.45, 7) is 6.51. The Morgan fingerprint density at radius 2 is 1.42 bits per heavy atom. The zero-order chi connectivity index (χ0) is 16.7. The van der Waals surface area contributed by atoms with Crippen molar-refractivity contribution in [2.24, 2.45) is 4.99 Å². The number of aromatic nitrogens is 1. The van der Waals surface area contributed by atoms with Crippen LogP contribution >= 0.6 is 0 Å². The van der Waals surface area contributed by atoms with E-state index in [9.17, 15) is 0 Å². The molecular weight excluding hydrogens is 292 g/mol. The zero-order valence-electron chi connectivity index (χ0n) is 14.2. The minimum atomic E-state index is -0.0555. The molecule has 4 rings (SSSR count). The highest BCUT2D eigenvalue weighted by molar-refractivity contribution is 5.99. The van der Waals surface area contributed by atoms with E-state index in [0.717, 1.165) is 17.1 Å². The number of nitrogens with zero attached hydrogens (tertiary/aromatic N) is 2. The lowest BCUT2D eigenvalue weighted by Gasteiger charge is -2.20. The van der Waals surface area contributed by atoms with Crippen LogP contribution < -0.4 is 0 Å². The lowest BCUT2D eigenvalue weighted by Crippen LogP contribution is -2.22. The molecular formula is C22H20N2. The highest BCUT2D eigenvalue weighted by Gasteiger charge is 2.33. The molecule has 3 aromatic rings. The minimum absolute atomic E-state index is 0.0555. The van der Waals surface area contributed by atoms with Crippen molar-refractivity contribution in [1.29, 1.82) is 0 Å². The second-order valence-electron chi connectivity index (χ2n) is 6.83. The molecule has 0 fully saturated rings. The standard InChI is InChI=1S/C22H20N2/c1-15-22(2,3)20-13-17(14-23-21(20)24-15)19-12-8-7-11-18(19)16-9-5-4-6-10-16/h4-14H,1-3H3. The average Bonchev–Trinajstić information content (AvgIpc) is 2.85. The van der Waals surface area contributed by atoms with Crippen molar-refractivity contribution in [3.63, 3.8) is 0 Å². The highest BCUT2D eigenvalue weighted by Crippen LogP contribution is 2.41. The van der Waals surface area contributed by atoms with Gasteiger partial charge in [-0.1, -0.05) is 68.4 Å². The first-order chi connectivity index (χ1) is 11.6. The van der Waals surface area contributed by atoms with Crippen molar-refractivity contribution >= 4 is 11.5 Å². The lowest BCUT2D eigenvalue weighted by atomic mass is 9.82. The molecule has 1 aliphatic rings. The Kier molecular flexibility index (Phi) is 3.34. The predicted octanol–water partition coefficient (Wildman–Crippen LogP) is 5.80. The zero-order valence-corrected chi connectivity index (χ0v) is 14.2. The number of hydrogen-bond acceptors (Lipinski definition) is 2. The first-order valence-corrected chi connectivity index (χ1v) is 8.28. The monoisotopic (exact) mass is 312 g/mol. The summed E-state index contributed by atoms with van der Waals surface area (Å²) in [6.07, 6.45) is 1.94. The smallest absolute Gasteiger partial charge is 0.155 e. The van der Waals surface area contributed by atoms with E-state index in [0.29, 0.717) is 0 Å². The Hall–Kier alpha value is -2.74. The summed E-state index contributed by atoms with van der Waals surface area (Å²) < 4.78 is 0. The largest absolute Gasteiger partial charge is 0.237 e. The van der Waals surface area contributed by atoms with Crippen LogP contribution in [0.2, 0.25) is 0 Å². The molecule has 0 amide bonds. The maximum Gasteiger partial charge on any atom is 0.155 e. The Labute approximate surface area is 142 Å². The SMILES string of the molecule is CC1=Nc2ncc(-c3ccccc3-c3ccccc3)cc2C1(C)C. The average molecular weight is 312 g/mol. The first-order valence-electron chi connectivity index (χ1n) is 8.28. The predicted molar refractivity (Wildman–Crippen MR) is 101 cm³/mol. The van der Waals surface area contributed by atoms with Gasteiger partial charge in [-0.3, -0.25) is 0 Å². The van der Waals surface area contributed by atoms with E-state index in [-0.39, 0.29) is 5.41 Å². The third-order valence-corrected chi connectivity index (χ3v) is 5.04. The molecule has 24 heavy (non-hydrogen) atoms. The van der Waals surface area contributed by atoms with Crippen LogP contribution in [-0.2, 0) is 5.41 Å². The van der Waals surface area contributed by atoms with E-state index >= 15 is 0 Å². The van der Waals surface area contributed by atoms with E-state index in [1.807, 2.05) is 12.3 Å². The van der Waals surface area contributed by atoms with Gasteiger partial charge in [-0.25, -0.2) is 9.98 Å². The Morgan fingerprint density at radius 3 is 2.12 bits per heavy atom. The number of aliphatic imine (C=N–C) groups is 1. The van der Waals surface area contributed by atoms with Gasteiger partial charge in [0.1, 0.15) is 0 Å². The molecule has 2 heterocycles. The van der Waals surface area contributed by atoms with Crippen LogP contribution in [0, 0.1) is 0 Å². The topological polar surface area (TPSA) is 25.2 Å². The Bertz CT molecular complexity index is 937. The molecule has 2 aromatic carbocycles. The van der Waals surface area contributed by atoms with Crippen LogP contribution in [0.5, 0.6) is 0 Å². The molecule has 0 bridgehead atoms. The van der Waals surface area contributed by atoms with Crippen molar-refractivity contribution in [1.82, 2.24) is 4.98 Å². The summed E-state index contributed by atoms with van der Waals surface area (Å²) in [4.78, 5) is 9.25. The number of pyridine rings is 1. The van der Waals surface area contributed by atoms with Crippen molar-refractivity contribution in [3.05, 3.63) is 72.4 Å². The van der Waals surface area contributed by atoms with Crippen LogP contribution in [0.15, 0.2) is 71.9 Å². The normalized spacial score (nSPS) is 15.0. The summed E-state index contributed by atoms with van der Waals surface area (Å²) in [5.41, 5.74) is 7.08. The Balaban J connectivity index is 1.87. The molecule has 2 heteroatoms. The van der Waals surface area contributed by atoms with E-state index in [1.54, 1.807) is 0 Å². The summed E-state index contributed by atoms with van der Waals surface area (Å²) >= 11 is 0. The van der Waals surface area contributed by atoms with Crippen molar-refractivity contribution in [2.45, 2.75) is 26.2 Å². The van der Waals surface area contributed by atoms with Gasteiger partial charge in [-0.2, -0.15) is 0 Å². The molecule has 0 saturated heterocycles. The maximum atomic E-state index is 4.63. The summed E-state index contributed by atoms with van der Waals surface area (Å²) in [7, 11) is 0. The number of benzene rings is 2. The maximum absolute atomic E-state index is 4.63. The minimum Gasteiger partial charge on any atom is -0.237 e. The van der Waals surface area contributed by atoms with Gasteiger partial charge in [0.2, 0.25) is 0 Å². The van der Waals surface area contributed by atoms with E-state index < -0.39 is 0 Å². The molecule has 0 atom stereocenters. The Morgan fingerprint density at radius 1 is 0.792 bits per heavy atom. The molecule has 2 nitrogen and oxygen atoms in total. The van der Waals surface area contributed by atoms with Gasteiger partial charge in [0, 0.05) is 28.5 Å². The van der Waals surface area contributed by atoms with Gasteiger partial charge in [0.25, 0.3) is 0 Å². The van der Waals surface area contributed by atoms with Crippen LogP contribution in [0.3, 0.4) is 0 Å². The molecule has 0 aliphatic carbocycles. The van der Waals surface area contributed by atoms with Crippen LogP contribution in [0.25, 0.3) is 22.3 Å². The lowest BCUT2D eigenvalue weighted by molar-refractivity contribution is 0.731. The molecule has 0 spiro atoms. The molecule has 1 aromatic heterocycles. The fourth-order valence-electron chi connectivity index (χ4n) is 3.25. The van der Waals surface area contributed by atoms with Gasteiger partial charge in [-0.05, 0) is 29.7 Å². The molecule has 0 N–H and O–H groups in total. The molecule has 0 radical (unpaired) electrons. The fraction of sp³-hybridized carbons (Fsp3) is 0.182. The molecule has 0 saturated carbocycles. The molecule has 118 valence electrons.